The Morgan fingerprint density at radius 3 is 1.43 bits per heavy atom. The zero-order valence-corrected chi connectivity index (χ0v) is 52.3. The molecule has 0 radical (unpaired) electrons. The van der Waals surface area contributed by atoms with Crippen LogP contribution in [0.2, 0.25) is 0 Å². The van der Waals surface area contributed by atoms with E-state index in [2.05, 4.69) is 165 Å². The molecular weight excluding hydrogens is 1180 g/mol. The Kier molecular flexibility index (Phi) is 29.1. The van der Waals surface area contributed by atoms with E-state index in [1.807, 2.05) is 31.2 Å². The van der Waals surface area contributed by atoms with Crippen LogP contribution in [0.25, 0.3) is 4.13 Å². The van der Waals surface area contributed by atoms with Crippen LogP contribution in [0.5, 0.6) is 17.2 Å². The number of esters is 2. The second-order valence-electron chi connectivity index (χ2n) is 20.8. The minimum atomic E-state index is -6.85. The number of ether oxygens (including phenoxy) is 5. The standard InChI is InChI=1S/C26H36O3.C18H15S.C11H15F5NO8S2.C10H14O/c1-4-20(2)22-10-16-26(17-11-22)29-21(3)27-18-19-28-25-14-12-24(13-15-25)23-8-6-5-7-9-23;1-4-10-16(11-5-1)19(17-12-6-2-7-13-17)18-14-8-3-9-15-18;1-4-9(2,3)7(18)24-5-6-25-8(19)10(12,13)26(20,21)17-27(22,23)11(14,15)16;1-3-8(2)9-4-6-10(11)7-5-9/h10-17,20-21,23H,4-9,18-19H2,1-3H3;1-15H;4-6H2,1-3H3;4-8,11H,3H2,1-2H3/q;+1;-1;. The second kappa shape index (κ2) is 34.7. The molecule has 470 valence electrons. The summed E-state index contributed by atoms with van der Waals surface area (Å²) >= 11 is 0. The van der Waals surface area contributed by atoms with E-state index in [4.69, 9.17) is 19.3 Å². The Balaban J connectivity index is 0.000000257. The molecule has 7 rings (SSSR count). The number of rotatable bonds is 24. The van der Waals surface area contributed by atoms with E-state index >= 15 is 0 Å². The molecule has 0 aromatic heterocycles. The maximum absolute atomic E-state index is 13.4. The monoisotopic (exact) mass is 1260 g/mol. The topological polar surface area (TPSA) is 183 Å². The van der Waals surface area contributed by atoms with Crippen molar-refractivity contribution in [1.82, 2.24) is 0 Å². The van der Waals surface area contributed by atoms with Gasteiger partial charge in [-0.15, -0.1) is 0 Å². The highest BCUT2D eigenvalue weighted by Crippen LogP contribution is 2.37. The van der Waals surface area contributed by atoms with E-state index in [-0.39, 0.29) is 17.2 Å². The summed E-state index contributed by atoms with van der Waals surface area (Å²) in [6.45, 7) is 14.5. The molecule has 0 bridgehead atoms. The van der Waals surface area contributed by atoms with E-state index in [9.17, 15) is 48.4 Å². The van der Waals surface area contributed by atoms with Crippen molar-refractivity contribution >= 4 is 42.9 Å². The van der Waals surface area contributed by atoms with Crippen molar-refractivity contribution in [3.05, 3.63) is 185 Å². The summed E-state index contributed by atoms with van der Waals surface area (Å²) in [6, 6.07) is 56.5. The quantitative estimate of drug-likeness (QED) is 0.0199. The van der Waals surface area contributed by atoms with Gasteiger partial charge in [0.05, 0.1) is 22.9 Å². The van der Waals surface area contributed by atoms with Crippen LogP contribution in [0, 0.1) is 5.41 Å². The van der Waals surface area contributed by atoms with Crippen LogP contribution < -0.4 is 9.47 Å². The summed E-state index contributed by atoms with van der Waals surface area (Å²) in [4.78, 5) is 26.8. The number of alkyl halides is 5. The lowest BCUT2D eigenvalue weighted by Gasteiger charge is -2.26. The maximum atomic E-state index is 13.4. The SMILES string of the molecule is CCC(C)(C)C(=O)OCCOC(=O)C(F)(F)S(=O)(=O)[N-]S(=O)(=O)C(F)(F)F.CCC(C)c1ccc(O)cc1.CCC(C)c1ccc(OC(C)OCCOc2ccc(C3CCCCC3)cc2)cc1.c1ccc([S+](c2ccccc2)c2ccccc2)cc1. The summed E-state index contributed by atoms with van der Waals surface area (Å²) < 4.78 is 133. The minimum Gasteiger partial charge on any atom is -0.508 e. The van der Waals surface area contributed by atoms with Crippen molar-refractivity contribution in [1.29, 1.82) is 0 Å². The predicted molar refractivity (Wildman–Crippen MR) is 325 cm³/mol. The van der Waals surface area contributed by atoms with Crippen LogP contribution in [0.15, 0.2) is 178 Å². The zero-order chi connectivity index (χ0) is 63.6. The third kappa shape index (κ3) is 23.0. The molecule has 0 amide bonds. The Bertz CT molecular complexity index is 3060. The first-order valence-electron chi connectivity index (χ1n) is 28.5. The maximum Gasteiger partial charge on any atom is 0.480 e. The molecule has 0 heterocycles. The van der Waals surface area contributed by atoms with E-state index in [1.54, 1.807) is 19.1 Å². The molecule has 3 atom stereocenters. The molecule has 6 aromatic carbocycles. The average molecular weight is 1260 g/mol. The van der Waals surface area contributed by atoms with E-state index in [0.29, 0.717) is 37.2 Å². The number of phenolic OH excluding ortho intramolecular Hbond substituents is 1. The summed E-state index contributed by atoms with van der Waals surface area (Å²) in [5, 5.41) is 3.29. The van der Waals surface area contributed by atoms with Gasteiger partial charge in [0.1, 0.15) is 37.1 Å². The van der Waals surface area contributed by atoms with Gasteiger partial charge in [-0.05, 0) is 160 Å². The lowest BCUT2D eigenvalue weighted by molar-refractivity contribution is -0.167. The molecule has 86 heavy (non-hydrogen) atoms. The minimum absolute atomic E-state index is 0.0146. The molecule has 0 spiro atoms. The number of carbonyl (C=O) groups is 2. The van der Waals surface area contributed by atoms with Crippen LogP contribution in [0.1, 0.15) is 141 Å². The fraction of sp³-hybridized carbons (Fsp3) is 0.415. The lowest BCUT2D eigenvalue weighted by atomic mass is 9.84. The molecule has 1 fully saturated rings. The fourth-order valence-electron chi connectivity index (χ4n) is 8.11. The highest BCUT2D eigenvalue weighted by molar-refractivity contribution is 8.13. The molecule has 3 unspecified atom stereocenters. The third-order valence-corrected chi connectivity index (χ3v) is 19.3. The van der Waals surface area contributed by atoms with Gasteiger partial charge in [0, 0.05) is 0 Å². The molecule has 0 saturated heterocycles. The Morgan fingerprint density at radius 1 is 0.570 bits per heavy atom. The number of aromatic hydroxyl groups is 1. The molecule has 1 aliphatic rings. The highest BCUT2D eigenvalue weighted by atomic mass is 32.3. The molecule has 1 aliphatic carbocycles. The first-order valence-corrected chi connectivity index (χ1v) is 32.6. The fourth-order valence-corrected chi connectivity index (χ4v) is 12.2. The van der Waals surface area contributed by atoms with Crippen LogP contribution in [0.4, 0.5) is 22.0 Å². The highest BCUT2D eigenvalue weighted by Gasteiger charge is 2.53. The number of nitrogens with zero attached hydrogens (tertiary/aromatic N) is 1. The van der Waals surface area contributed by atoms with Crippen LogP contribution in [-0.4, -0.2) is 77.4 Å². The molecule has 21 heteroatoms. The van der Waals surface area contributed by atoms with Crippen LogP contribution >= 0.6 is 0 Å². The van der Waals surface area contributed by atoms with Gasteiger partial charge < -0.3 is 32.9 Å². The smallest absolute Gasteiger partial charge is 0.480 e. The molecular formula is C65H80F5NO12S3. The van der Waals surface area contributed by atoms with Crippen LogP contribution in [-0.2, 0) is 54.7 Å². The number of benzene rings is 6. The van der Waals surface area contributed by atoms with Gasteiger partial charge in [-0.2, -0.15) is 22.0 Å². The second-order valence-corrected chi connectivity index (χ2v) is 26.3. The summed E-state index contributed by atoms with van der Waals surface area (Å²) in [5.74, 6) is 0.310. The normalized spacial score (nSPS) is 14.1. The summed E-state index contributed by atoms with van der Waals surface area (Å²) in [6.07, 6.45) is 9.10. The van der Waals surface area contributed by atoms with Gasteiger partial charge in [0.2, 0.25) is 0 Å². The number of phenols is 1. The van der Waals surface area contributed by atoms with Gasteiger partial charge in [0.15, 0.2) is 41.0 Å². The van der Waals surface area contributed by atoms with Gasteiger partial charge in [-0.25, -0.2) is 21.6 Å². The Morgan fingerprint density at radius 2 is 1.00 bits per heavy atom. The van der Waals surface area contributed by atoms with Crippen molar-refractivity contribution < 1.29 is 77.2 Å². The molecule has 6 aromatic rings. The number of hydrogen-bond donors (Lipinski definition) is 1. The summed E-state index contributed by atoms with van der Waals surface area (Å²) in [5.41, 5.74) is -3.13. The molecule has 13 nitrogen and oxygen atoms in total. The molecule has 0 aliphatic heterocycles. The van der Waals surface area contributed by atoms with Gasteiger partial charge >= 0.3 is 22.7 Å². The predicted octanol–water partition coefficient (Wildman–Crippen LogP) is 16.4. The van der Waals surface area contributed by atoms with Crippen molar-refractivity contribution in [2.45, 2.75) is 156 Å². The third-order valence-electron chi connectivity index (χ3n) is 14.1. The van der Waals surface area contributed by atoms with Crippen molar-refractivity contribution in [2.24, 2.45) is 5.41 Å². The van der Waals surface area contributed by atoms with Gasteiger partial charge in [-0.3, -0.25) is 4.79 Å². The Hall–Kier alpha value is -6.52. The lowest BCUT2D eigenvalue weighted by Crippen LogP contribution is -2.41. The van der Waals surface area contributed by atoms with Crippen LogP contribution in [0.3, 0.4) is 0 Å². The van der Waals surface area contributed by atoms with Crippen molar-refractivity contribution in [2.75, 3.05) is 26.4 Å². The number of sulfonamides is 2. The largest absolute Gasteiger partial charge is 0.508 e. The van der Waals surface area contributed by atoms with E-state index in [1.165, 1.54) is 77.3 Å². The summed E-state index contributed by atoms with van der Waals surface area (Å²) in [7, 11) is -13.6. The van der Waals surface area contributed by atoms with Crippen molar-refractivity contribution in [3.8, 4) is 17.2 Å². The molecule has 1 saturated carbocycles. The first-order chi connectivity index (χ1) is 40.7. The van der Waals surface area contributed by atoms with E-state index in [0.717, 1.165) is 34.4 Å². The van der Waals surface area contributed by atoms with Gasteiger partial charge in [0.25, 0.3) is 0 Å². The number of hydrogen-bond acceptors (Lipinski definition) is 12. The van der Waals surface area contributed by atoms with Crippen molar-refractivity contribution in [3.63, 3.8) is 0 Å². The zero-order valence-electron chi connectivity index (χ0n) is 49.9. The Labute approximate surface area is 507 Å². The average Bonchev–Trinajstić information content (AvgIpc) is 1.87. The number of halogens is 5. The van der Waals surface area contributed by atoms with E-state index < -0.39 is 61.4 Å². The first kappa shape index (κ1) is 72.0. The van der Waals surface area contributed by atoms with Gasteiger partial charge in [-0.1, -0.05) is 145 Å². The number of carbonyl (C=O) groups excluding carboxylic acids is 2. The molecule has 1 N–H and O–H groups in total.